The standard InChI is InChI=1S/C15H13IN2O3/c1-9(19)17-11-3-5-12(6-4-11)18-15(21)13-8-10(16)2-7-14(13)20/h2-8,20H,1H3,(H,17,19)(H,18,21). The minimum absolute atomic E-state index is 0.0669. The number of aromatic hydroxyl groups is 1. The maximum atomic E-state index is 12.1. The van der Waals surface area contributed by atoms with E-state index in [1.807, 2.05) is 0 Å². The number of amides is 2. The Bertz CT molecular complexity index is 684. The predicted octanol–water partition coefficient (Wildman–Crippen LogP) is 3.21. The smallest absolute Gasteiger partial charge is 0.259 e. The van der Waals surface area contributed by atoms with Crippen LogP contribution in [0.4, 0.5) is 11.4 Å². The predicted molar refractivity (Wildman–Crippen MR) is 89.5 cm³/mol. The molecule has 0 radical (unpaired) electrons. The van der Waals surface area contributed by atoms with E-state index in [0.29, 0.717) is 11.4 Å². The third kappa shape index (κ3) is 4.19. The number of carbonyl (C=O) groups excluding carboxylic acids is 2. The van der Waals surface area contributed by atoms with E-state index in [-0.39, 0.29) is 17.2 Å². The van der Waals surface area contributed by atoms with E-state index < -0.39 is 5.91 Å². The van der Waals surface area contributed by atoms with Crippen molar-refractivity contribution in [2.45, 2.75) is 6.92 Å². The van der Waals surface area contributed by atoms with Gasteiger partial charge in [0, 0.05) is 21.9 Å². The first-order valence-electron chi connectivity index (χ1n) is 6.13. The monoisotopic (exact) mass is 396 g/mol. The van der Waals surface area contributed by atoms with Gasteiger partial charge in [0.15, 0.2) is 0 Å². The van der Waals surface area contributed by atoms with E-state index in [1.54, 1.807) is 36.4 Å². The Morgan fingerprint density at radius 1 is 1.00 bits per heavy atom. The van der Waals surface area contributed by atoms with Gasteiger partial charge < -0.3 is 15.7 Å². The average Bonchev–Trinajstić information content (AvgIpc) is 2.43. The summed E-state index contributed by atoms with van der Waals surface area (Å²) in [7, 11) is 0. The number of benzene rings is 2. The summed E-state index contributed by atoms with van der Waals surface area (Å²) in [4.78, 5) is 23.0. The summed E-state index contributed by atoms with van der Waals surface area (Å²) in [5, 5.41) is 15.0. The van der Waals surface area contributed by atoms with E-state index >= 15 is 0 Å². The minimum atomic E-state index is -0.390. The highest BCUT2D eigenvalue weighted by Gasteiger charge is 2.11. The molecule has 108 valence electrons. The normalized spacial score (nSPS) is 10.0. The molecule has 0 heterocycles. The Kier molecular flexibility index (Phi) is 4.79. The van der Waals surface area contributed by atoms with Crippen molar-refractivity contribution in [2.24, 2.45) is 0 Å². The fourth-order valence-electron chi connectivity index (χ4n) is 1.73. The number of nitrogens with one attached hydrogen (secondary N) is 2. The highest BCUT2D eigenvalue weighted by molar-refractivity contribution is 14.1. The molecule has 0 aliphatic carbocycles. The van der Waals surface area contributed by atoms with Gasteiger partial charge in [-0.3, -0.25) is 9.59 Å². The molecule has 0 fully saturated rings. The van der Waals surface area contributed by atoms with Crippen LogP contribution in [0.2, 0.25) is 0 Å². The third-order valence-electron chi connectivity index (χ3n) is 2.67. The molecular weight excluding hydrogens is 383 g/mol. The van der Waals surface area contributed by atoms with Crippen molar-refractivity contribution >= 4 is 45.8 Å². The largest absolute Gasteiger partial charge is 0.507 e. The average molecular weight is 396 g/mol. The van der Waals surface area contributed by atoms with Crippen molar-refractivity contribution in [3.63, 3.8) is 0 Å². The Hall–Kier alpha value is -2.09. The van der Waals surface area contributed by atoms with Crippen molar-refractivity contribution in [3.8, 4) is 5.75 Å². The molecule has 0 aromatic heterocycles. The van der Waals surface area contributed by atoms with Gasteiger partial charge in [-0.15, -0.1) is 0 Å². The van der Waals surface area contributed by atoms with E-state index in [1.165, 1.54) is 13.0 Å². The number of carbonyl (C=O) groups is 2. The minimum Gasteiger partial charge on any atom is -0.507 e. The van der Waals surface area contributed by atoms with Gasteiger partial charge in [0.05, 0.1) is 5.56 Å². The van der Waals surface area contributed by atoms with Crippen LogP contribution in [-0.4, -0.2) is 16.9 Å². The van der Waals surface area contributed by atoms with Crippen molar-refractivity contribution in [1.82, 2.24) is 0 Å². The summed E-state index contributed by atoms with van der Waals surface area (Å²) in [6.07, 6.45) is 0. The molecule has 0 saturated heterocycles. The lowest BCUT2D eigenvalue weighted by Gasteiger charge is -2.08. The van der Waals surface area contributed by atoms with Gasteiger partial charge in [0.2, 0.25) is 5.91 Å². The molecule has 0 aliphatic heterocycles. The van der Waals surface area contributed by atoms with Crippen molar-refractivity contribution < 1.29 is 14.7 Å². The van der Waals surface area contributed by atoms with Crippen molar-refractivity contribution in [2.75, 3.05) is 10.6 Å². The molecule has 21 heavy (non-hydrogen) atoms. The molecule has 0 aliphatic rings. The lowest BCUT2D eigenvalue weighted by Crippen LogP contribution is -2.12. The topological polar surface area (TPSA) is 78.4 Å². The number of hydrogen-bond acceptors (Lipinski definition) is 3. The summed E-state index contributed by atoms with van der Waals surface area (Å²) in [6.45, 7) is 1.43. The maximum absolute atomic E-state index is 12.1. The molecule has 6 heteroatoms. The Balaban J connectivity index is 2.12. The number of phenols is 1. The summed E-state index contributed by atoms with van der Waals surface area (Å²) in [6, 6.07) is 11.5. The summed E-state index contributed by atoms with van der Waals surface area (Å²) in [5.74, 6) is -0.614. The van der Waals surface area contributed by atoms with E-state index in [0.717, 1.165) is 3.57 Å². The molecule has 0 spiro atoms. The second-order valence-corrected chi connectivity index (χ2v) is 5.62. The van der Waals surface area contributed by atoms with Crippen LogP contribution in [0.15, 0.2) is 42.5 Å². The fourth-order valence-corrected chi connectivity index (χ4v) is 2.22. The number of rotatable bonds is 3. The quantitative estimate of drug-likeness (QED) is 0.698. The zero-order valence-corrected chi connectivity index (χ0v) is 13.3. The number of halogens is 1. The Morgan fingerprint density at radius 3 is 2.14 bits per heavy atom. The van der Waals surface area contributed by atoms with Crippen molar-refractivity contribution in [3.05, 3.63) is 51.6 Å². The van der Waals surface area contributed by atoms with Crippen LogP contribution in [-0.2, 0) is 4.79 Å². The highest BCUT2D eigenvalue weighted by atomic mass is 127. The van der Waals surface area contributed by atoms with Gasteiger partial charge in [-0.2, -0.15) is 0 Å². The van der Waals surface area contributed by atoms with Gasteiger partial charge in [-0.1, -0.05) is 0 Å². The molecule has 0 saturated carbocycles. The fraction of sp³-hybridized carbons (Fsp3) is 0.0667. The molecule has 0 bridgehead atoms. The van der Waals surface area contributed by atoms with Crippen molar-refractivity contribution in [1.29, 1.82) is 0 Å². The SMILES string of the molecule is CC(=O)Nc1ccc(NC(=O)c2cc(I)ccc2O)cc1. The van der Waals surface area contributed by atoms with Crippen LogP contribution in [0.25, 0.3) is 0 Å². The van der Waals surface area contributed by atoms with Crippen LogP contribution < -0.4 is 10.6 Å². The highest BCUT2D eigenvalue weighted by Crippen LogP contribution is 2.21. The van der Waals surface area contributed by atoms with Crippen LogP contribution in [0.1, 0.15) is 17.3 Å². The van der Waals surface area contributed by atoms with E-state index in [9.17, 15) is 14.7 Å². The van der Waals surface area contributed by atoms with Crippen LogP contribution in [0.3, 0.4) is 0 Å². The van der Waals surface area contributed by atoms with Gasteiger partial charge in [-0.05, 0) is 65.1 Å². The summed E-state index contributed by atoms with van der Waals surface area (Å²) in [5.41, 5.74) is 1.44. The van der Waals surface area contributed by atoms with Crippen LogP contribution >= 0.6 is 22.6 Å². The Labute approximate surface area is 135 Å². The van der Waals surface area contributed by atoms with Crippen LogP contribution in [0, 0.1) is 3.57 Å². The molecule has 3 N–H and O–H groups in total. The third-order valence-corrected chi connectivity index (χ3v) is 3.34. The second kappa shape index (κ2) is 6.57. The molecule has 2 amide bonds. The number of hydrogen-bond donors (Lipinski definition) is 3. The van der Waals surface area contributed by atoms with Crippen LogP contribution in [0.5, 0.6) is 5.75 Å². The second-order valence-electron chi connectivity index (χ2n) is 4.37. The molecule has 2 aromatic rings. The van der Waals surface area contributed by atoms with Gasteiger partial charge >= 0.3 is 0 Å². The molecule has 5 nitrogen and oxygen atoms in total. The zero-order chi connectivity index (χ0) is 15.4. The first-order chi connectivity index (χ1) is 9.95. The molecule has 2 rings (SSSR count). The first-order valence-corrected chi connectivity index (χ1v) is 7.21. The molecule has 2 aromatic carbocycles. The number of phenolic OH excluding ortho intramolecular Hbond substituents is 1. The van der Waals surface area contributed by atoms with Gasteiger partial charge in [-0.25, -0.2) is 0 Å². The lowest BCUT2D eigenvalue weighted by molar-refractivity contribution is -0.114. The Morgan fingerprint density at radius 2 is 1.57 bits per heavy atom. The van der Waals surface area contributed by atoms with Gasteiger partial charge in [0.1, 0.15) is 5.75 Å². The van der Waals surface area contributed by atoms with E-state index in [2.05, 4.69) is 33.2 Å². The number of anilines is 2. The first kappa shape index (κ1) is 15.3. The summed E-state index contributed by atoms with van der Waals surface area (Å²) < 4.78 is 0.858. The van der Waals surface area contributed by atoms with Gasteiger partial charge in [0.25, 0.3) is 5.91 Å². The zero-order valence-electron chi connectivity index (χ0n) is 11.2. The maximum Gasteiger partial charge on any atom is 0.259 e. The molecular formula is C15H13IN2O3. The molecule has 0 unspecified atom stereocenters. The summed E-state index contributed by atoms with van der Waals surface area (Å²) >= 11 is 2.07. The molecule has 0 atom stereocenters. The lowest BCUT2D eigenvalue weighted by atomic mass is 10.2. The van der Waals surface area contributed by atoms with E-state index in [4.69, 9.17) is 0 Å².